The molecule has 1 aromatic rings. The zero-order chi connectivity index (χ0) is 31.6. The molecule has 3 saturated carbocycles. The molecule has 4 fully saturated rings. The first-order chi connectivity index (χ1) is 20.6. The Bertz CT molecular complexity index is 1450. The van der Waals surface area contributed by atoms with Crippen LogP contribution in [0.3, 0.4) is 0 Å². The van der Waals surface area contributed by atoms with Gasteiger partial charge in [0.15, 0.2) is 5.78 Å². The minimum atomic E-state index is -1.33. The number of ketones is 1. The number of benzene rings is 1. The van der Waals surface area contributed by atoms with E-state index in [-0.39, 0.29) is 54.3 Å². The molecule has 5 N–H and O–H groups in total. The SMILES string of the molecule is CC(C)C(C)C1OC1C(C)(O)C1CCC2(O)C3=CC(=O)C45CC(O)C(O)CC4(C)C3CCC12CC#CC5c1ccc(O)cc1. The van der Waals surface area contributed by atoms with E-state index in [1.54, 1.807) is 30.3 Å². The number of phenolic OH excluding ortho intramolecular Hbond substituents is 1. The van der Waals surface area contributed by atoms with E-state index in [1.165, 1.54) is 0 Å². The molecule has 0 aromatic heterocycles. The molecule has 13 unspecified atom stereocenters. The Hall–Kier alpha value is -2.21. The van der Waals surface area contributed by atoms with Gasteiger partial charge in [-0.2, -0.15) is 0 Å². The van der Waals surface area contributed by atoms with Crippen LogP contribution in [-0.2, 0) is 9.53 Å². The van der Waals surface area contributed by atoms with E-state index in [9.17, 15) is 30.3 Å². The van der Waals surface area contributed by atoms with Crippen LogP contribution in [0.25, 0.3) is 0 Å². The molecule has 44 heavy (non-hydrogen) atoms. The second-order valence-electron chi connectivity index (χ2n) is 16.0. The summed E-state index contributed by atoms with van der Waals surface area (Å²) < 4.78 is 6.19. The zero-order valence-corrected chi connectivity index (χ0v) is 26.6. The predicted octanol–water partition coefficient (Wildman–Crippen LogP) is 4.25. The van der Waals surface area contributed by atoms with Gasteiger partial charge in [0.25, 0.3) is 0 Å². The summed E-state index contributed by atoms with van der Waals surface area (Å²) in [5.41, 5.74) is -3.69. The Labute approximate surface area is 260 Å². The molecule has 7 nitrogen and oxygen atoms in total. The highest BCUT2D eigenvalue weighted by atomic mass is 16.6. The van der Waals surface area contributed by atoms with Crippen LogP contribution < -0.4 is 0 Å². The largest absolute Gasteiger partial charge is 0.508 e. The molecule has 1 aliphatic heterocycles. The summed E-state index contributed by atoms with van der Waals surface area (Å²) >= 11 is 0. The quantitative estimate of drug-likeness (QED) is 0.251. The number of aliphatic hydroxyl groups excluding tert-OH is 2. The van der Waals surface area contributed by atoms with Gasteiger partial charge in [-0.1, -0.05) is 45.7 Å². The highest BCUT2D eigenvalue weighted by molar-refractivity contribution is 5.99. The first-order valence-corrected chi connectivity index (χ1v) is 16.6. The Kier molecular flexibility index (Phi) is 6.68. The summed E-state index contributed by atoms with van der Waals surface area (Å²) in [7, 11) is 0. The van der Waals surface area contributed by atoms with Gasteiger partial charge in [0.2, 0.25) is 0 Å². The van der Waals surface area contributed by atoms with E-state index < -0.39 is 45.6 Å². The fraction of sp³-hybridized carbons (Fsp3) is 0.703. The van der Waals surface area contributed by atoms with Crippen LogP contribution in [-0.4, -0.2) is 66.9 Å². The Morgan fingerprint density at radius 2 is 1.73 bits per heavy atom. The maximum Gasteiger partial charge on any atom is 0.164 e. The molecule has 7 aliphatic rings. The van der Waals surface area contributed by atoms with Crippen LogP contribution in [0.1, 0.15) is 91.0 Å². The number of hydrogen-bond acceptors (Lipinski definition) is 7. The number of aliphatic hydroxyl groups is 4. The summed E-state index contributed by atoms with van der Waals surface area (Å²) in [5, 5.41) is 57.6. The van der Waals surface area contributed by atoms with Crippen LogP contribution >= 0.6 is 0 Å². The molecule has 13 atom stereocenters. The topological polar surface area (TPSA) is 131 Å². The summed E-state index contributed by atoms with van der Waals surface area (Å²) in [6.45, 7) is 10.4. The first-order valence-electron chi connectivity index (χ1n) is 16.6. The highest BCUT2D eigenvalue weighted by Gasteiger charge is 2.75. The molecule has 1 saturated heterocycles. The van der Waals surface area contributed by atoms with Gasteiger partial charge in [-0.15, -0.1) is 5.92 Å². The lowest BCUT2D eigenvalue weighted by molar-refractivity contribution is -0.189. The zero-order valence-electron chi connectivity index (χ0n) is 26.6. The lowest BCUT2D eigenvalue weighted by Crippen LogP contribution is -2.68. The lowest BCUT2D eigenvalue weighted by Gasteiger charge is -2.66. The fourth-order valence-corrected chi connectivity index (χ4v) is 11.1. The van der Waals surface area contributed by atoms with Gasteiger partial charge in [0.05, 0.1) is 40.8 Å². The first kappa shape index (κ1) is 30.4. The van der Waals surface area contributed by atoms with Crippen molar-refractivity contribution in [1.82, 2.24) is 0 Å². The second kappa shape index (κ2) is 9.65. The Morgan fingerprint density at radius 3 is 2.41 bits per heavy atom. The standard InChI is InChI=1S/C37H48O7/c1-20(2)21(3)31-32(44-31)34(5,42)29-13-16-37(43)26-17-30(41)36-19-28(40)27(39)18-33(36,4)25(26)12-15-35(29,37)14-6-7-24(36)22-8-10-23(38)11-9-22/h8-11,17,20-21,24-25,27-29,31-32,38-40,42-43H,12-16,18-19H2,1-5H3. The molecule has 7 heteroatoms. The summed E-state index contributed by atoms with van der Waals surface area (Å²) in [4.78, 5) is 14.8. The van der Waals surface area contributed by atoms with Crippen LogP contribution in [0.5, 0.6) is 5.75 Å². The third-order valence-corrected chi connectivity index (χ3v) is 13.9. The maximum absolute atomic E-state index is 14.8. The van der Waals surface area contributed by atoms with E-state index in [4.69, 9.17) is 4.74 Å². The van der Waals surface area contributed by atoms with Crippen molar-refractivity contribution < 1.29 is 35.1 Å². The average molecular weight is 605 g/mol. The number of hydrogen-bond donors (Lipinski definition) is 5. The predicted molar refractivity (Wildman–Crippen MR) is 164 cm³/mol. The average Bonchev–Trinajstić information content (AvgIpc) is 3.71. The van der Waals surface area contributed by atoms with Gasteiger partial charge in [-0.3, -0.25) is 4.79 Å². The van der Waals surface area contributed by atoms with Crippen molar-refractivity contribution in [1.29, 1.82) is 0 Å². The lowest BCUT2D eigenvalue weighted by atomic mass is 9.37. The van der Waals surface area contributed by atoms with Gasteiger partial charge in [-0.25, -0.2) is 0 Å². The molecular weight excluding hydrogens is 556 g/mol. The smallest absolute Gasteiger partial charge is 0.164 e. The molecule has 8 rings (SSSR count). The number of aromatic hydroxyl groups is 1. The molecule has 238 valence electrons. The van der Waals surface area contributed by atoms with E-state index in [0.717, 1.165) is 11.1 Å². The Balaban J connectivity index is 1.41. The molecule has 1 aromatic carbocycles. The van der Waals surface area contributed by atoms with Gasteiger partial charge < -0.3 is 30.3 Å². The summed E-state index contributed by atoms with van der Waals surface area (Å²) in [6, 6.07) is 6.81. The number of rotatable bonds is 5. The molecular formula is C37H48O7. The summed E-state index contributed by atoms with van der Waals surface area (Å²) in [6.07, 6.45) is 2.24. The number of epoxide rings is 1. The monoisotopic (exact) mass is 604 g/mol. The molecule has 0 radical (unpaired) electrons. The van der Waals surface area contributed by atoms with Crippen molar-refractivity contribution in [2.24, 2.45) is 39.9 Å². The minimum absolute atomic E-state index is 0.0407. The molecule has 1 heterocycles. The van der Waals surface area contributed by atoms with Crippen LogP contribution in [0, 0.1) is 51.8 Å². The molecule has 4 bridgehead atoms. The molecule has 0 amide bonds. The van der Waals surface area contributed by atoms with Crippen molar-refractivity contribution in [3.8, 4) is 17.6 Å². The normalized spacial score (nSPS) is 47.6. The van der Waals surface area contributed by atoms with Crippen molar-refractivity contribution in [2.45, 2.75) is 121 Å². The van der Waals surface area contributed by atoms with E-state index in [1.807, 2.05) is 6.92 Å². The molecule has 6 aliphatic carbocycles. The van der Waals surface area contributed by atoms with Crippen molar-refractivity contribution in [3.05, 3.63) is 41.5 Å². The van der Waals surface area contributed by atoms with Crippen LogP contribution in [0.15, 0.2) is 35.9 Å². The third-order valence-electron chi connectivity index (χ3n) is 13.9. The van der Waals surface area contributed by atoms with Crippen molar-refractivity contribution in [3.63, 3.8) is 0 Å². The van der Waals surface area contributed by atoms with Crippen LogP contribution in [0.2, 0.25) is 0 Å². The third kappa shape index (κ3) is 3.72. The maximum atomic E-state index is 14.8. The molecule has 2 spiro atoms. The second-order valence-corrected chi connectivity index (χ2v) is 16.0. The Morgan fingerprint density at radius 1 is 1.05 bits per heavy atom. The van der Waals surface area contributed by atoms with Crippen molar-refractivity contribution in [2.75, 3.05) is 0 Å². The van der Waals surface area contributed by atoms with Gasteiger partial charge >= 0.3 is 0 Å². The van der Waals surface area contributed by atoms with Gasteiger partial charge in [-0.05, 0) is 104 Å². The number of phenols is 1. The number of carbonyl (C=O) groups excluding carboxylic acids is 1. The van der Waals surface area contributed by atoms with E-state index >= 15 is 0 Å². The number of carbonyl (C=O) groups is 1. The van der Waals surface area contributed by atoms with Gasteiger partial charge in [0, 0.05) is 11.8 Å². The highest BCUT2D eigenvalue weighted by Crippen LogP contribution is 2.74. The fourth-order valence-electron chi connectivity index (χ4n) is 11.1. The van der Waals surface area contributed by atoms with E-state index in [2.05, 4.69) is 39.5 Å². The number of ether oxygens (including phenoxy) is 1. The van der Waals surface area contributed by atoms with Crippen molar-refractivity contribution >= 4 is 5.78 Å². The summed E-state index contributed by atoms with van der Waals surface area (Å²) in [5.74, 6) is 6.55. The van der Waals surface area contributed by atoms with Gasteiger partial charge in [0.1, 0.15) is 11.9 Å². The van der Waals surface area contributed by atoms with Crippen LogP contribution in [0.4, 0.5) is 0 Å². The minimum Gasteiger partial charge on any atom is -0.508 e. The number of allylic oxidation sites excluding steroid dienone is 1. The number of fused-ring (bicyclic) bond motifs is 4. The van der Waals surface area contributed by atoms with E-state index in [0.29, 0.717) is 38.0 Å².